The molecule has 2 heterocycles. The molecule has 38 heavy (non-hydrogen) atoms. The first-order chi connectivity index (χ1) is 18.0. The van der Waals surface area contributed by atoms with Gasteiger partial charge >= 0.3 is 5.97 Å². The van der Waals surface area contributed by atoms with E-state index in [2.05, 4.69) is 0 Å². The summed E-state index contributed by atoms with van der Waals surface area (Å²) in [6.07, 6.45) is -11.2. The molecule has 2 saturated heterocycles. The zero-order chi connectivity index (χ0) is 28.2. The first kappa shape index (κ1) is 30.0. The molecule has 0 aromatic heterocycles. The van der Waals surface area contributed by atoms with Gasteiger partial charge in [0.15, 0.2) is 17.8 Å². The smallest absolute Gasteiger partial charge is 0.330 e. The maximum atomic E-state index is 12.3. The van der Waals surface area contributed by atoms with Crippen LogP contribution in [0.1, 0.15) is 5.56 Å². The molecule has 2 fully saturated rings. The Morgan fingerprint density at radius 2 is 1.61 bits per heavy atom. The van der Waals surface area contributed by atoms with Gasteiger partial charge in [0.05, 0.1) is 20.8 Å². The molecule has 9 atom stereocenters. The minimum absolute atomic E-state index is 0.101. The summed E-state index contributed by atoms with van der Waals surface area (Å²) in [4.78, 5) is 12.3. The van der Waals surface area contributed by atoms with E-state index < -0.39 is 80.6 Å². The van der Waals surface area contributed by atoms with Crippen LogP contribution >= 0.6 is 0 Å². The number of esters is 1. The van der Waals surface area contributed by atoms with Crippen LogP contribution in [0.2, 0.25) is 0 Å². The second-order valence-corrected chi connectivity index (χ2v) is 8.61. The highest BCUT2D eigenvalue weighted by molar-refractivity contribution is 5.87. The van der Waals surface area contributed by atoms with Crippen LogP contribution in [0.5, 0.6) is 17.2 Å². The molecule has 0 amide bonds. The van der Waals surface area contributed by atoms with Gasteiger partial charge in [0.1, 0.15) is 55.9 Å². The first-order valence-electron chi connectivity index (χ1n) is 11.4. The Balaban J connectivity index is 1.66. The lowest BCUT2D eigenvalue weighted by Crippen LogP contribution is -2.62. The molecule has 2 aliphatic rings. The average Bonchev–Trinajstić information content (AvgIpc) is 3.16. The second-order valence-electron chi connectivity index (χ2n) is 8.61. The van der Waals surface area contributed by atoms with Gasteiger partial charge in [-0.1, -0.05) is 0 Å². The molecule has 3 rings (SSSR count). The van der Waals surface area contributed by atoms with Crippen molar-refractivity contribution in [3.8, 4) is 17.2 Å². The highest BCUT2D eigenvalue weighted by Gasteiger charge is 2.58. The Morgan fingerprint density at radius 1 is 0.974 bits per heavy atom. The Morgan fingerprint density at radius 3 is 2.13 bits per heavy atom. The molecule has 0 spiro atoms. The summed E-state index contributed by atoms with van der Waals surface area (Å²) in [7, 11) is 2.67. The van der Waals surface area contributed by atoms with Gasteiger partial charge in [-0.2, -0.15) is 0 Å². The molecule has 0 aliphatic carbocycles. The normalized spacial score (nSPS) is 35.4. The largest absolute Gasteiger partial charge is 0.502 e. The summed E-state index contributed by atoms with van der Waals surface area (Å²) in [5.74, 6) is -3.25. The molecule has 1 aromatic rings. The number of rotatable bonds is 10. The summed E-state index contributed by atoms with van der Waals surface area (Å²) in [6, 6.07) is 2.87. The molecule has 1 aromatic carbocycles. The molecule has 2 aliphatic heterocycles. The van der Waals surface area contributed by atoms with Crippen molar-refractivity contribution in [2.45, 2.75) is 54.8 Å². The summed E-state index contributed by atoms with van der Waals surface area (Å²) in [5, 5.41) is 80.2. The van der Waals surface area contributed by atoms with Crippen molar-refractivity contribution in [3.63, 3.8) is 0 Å². The number of carbonyl (C=O) groups excluding carboxylic acids is 1. The molecule has 0 bridgehead atoms. The molecule has 0 radical (unpaired) electrons. The lowest BCUT2D eigenvalue weighted by molar-refractivity contribution is -0.383. The van der Waals surface area contributed by atoms with E-state index >= 15 is 0 Å². The number of methoxy groups -OCH3 is 2. The Labute approximate surface area is 216 Å². The quantitative estimate of drug-likeness (QED) is 0.105. The van der Waals surface area contributed by atoms with E-state index in [1.807, 2.05) is 0 Å². The van der Waals surface area contributed by atoms with Crippen LogP contribution in [0, 0.1) is 0 Å². The highest BCUT2D eigenvalue weighted by atomic mass is 16.8. The lowest BCUT2D eigenvalue weighted by atomic mass is 9.99. The van der Waals surface area contributed by atoms with Crippen molar-refractivity contribution in [3.05, 3.63) is 23.8 Å². The van der Waals surface area contributed by atoms with Gasteiger partial charge in [-0.3, -0.25) is 0 Å². The van der Waals surface area contributed by atoms with Gasteiger partial charge in [0.25, 0.3) is 0 Å². The maximum absolute atomic E-state index is 12.3. The molecular weight excluding hydrogens is 516 g/mol. The number of aliphatic hydroxyl groups excluding tert-OH is 7. The number of aliphatic hydroxyl groups is 7. The average molecular weight is 548 g/mol. The van der Waals surface area contributed by atoms with Gasteiger partial charge in [-0.15, -0.1) is 0 Å². The van der Waals surface area contributed by atoms with Gasteiger partial charge in [0, 0.05) is 6.08 Å². The molecule has 8 N–H and O–H groups in total. The third-order valence-corrected chi connectivity index (χ3v) is 6.19. The number of benzene rings is 1. The summed E-state index contributed by atoms with van der Waals surface area (Å²) in [6.45, 7) is -2.38. The van der Waals surface area contributed by atoms with E-state index in [0.717, 1.165) is 6.08 Å². The fourth-order valence-electron chi connectivity index (χ4n) is 4.00. The minimum atomic E-state index is -2.34. The van der Waals surface area contributed by atoms with Crippen molar-refractivity contribution < 1.29 is 74.1 Å². The van der Waals surface area contributed by atoms with Crippen molar-refractivity contribution in [2.75, 3.05) is 34.0 Å². The number of ether oxygens (including phenoxy) is 6. The minimum Gasteiger partial charge on any atom is -0.502 e. The summed E-state index contributed by atoms with van der Waals surface area (Å²) < 4.78 is 31.2. The van der Waals surface area contributed by atoms with Crippen LogP contribution in [-0.2, 0) is 23.7 Å². The van der Waals surface area contributed by atoms with Crippen molar-refractivity contribution in [1.82, 2.24) is 0 Å². The monoisotopic (exact) mass is 548 g/mol. The molecular formula is C23H32O15. The standard InChI is InChI=1S/C23H32O15/c1-33-11-5-10(6-12(34-2)16(11)27)3-4-15(26)35-8-14-17(28)19(30)20(31)22(36-14)38-23(9-25)21(32)18(29)13(7-24)37-23/h3-6,13-14,17-22,24-25,27-32H,7-9H2,1-2H3/b4-3+/t13-,14+,17+,18+,19-,20+,21-,22+,23-/m0/s1. The second kappa shape index (κ2) is 12.5. The van der Waals surface area contributed by atoms with Crippen LogP contribution < -0.4 is 9.47 Å². The van der Waals surface area contributed by atoms with Crippen LogP contribution in [-0.4, -0.2) is 136 Å². The zero-order valence-electron chi connectivity index (χ0n) is 20.5. The van der Waals surface area contributed by atoms with Crippen LogP contribution in [0.15, 0.2) is 18.2 Å². The van der Waals surface area contributed by atoms with Crippen molar-refractivity contribution in [2.24, 2.45) is 0 Å². The number of hydrogen-bond acceptors (Lipinski definition) is 15. The molecule has 15 nitrogen and oxygen atoms in total. The Hall–Kier alpha value is -2.57. The van der Waals surface area contributed by atoms with Crippen LogP contribution in [0.4, 0.5) is 0 Å². The van der Waals surface area contributed by atoms with E-state index in [4.69, 9.17) is 28.4 Å². The fourth-order valence-corrected chi connectivity index (χ4v) is 4.00. The van der Waals surface area contributed by atoms with E-state index in [0.29, 0.717) is 5.56 Å². The fraction of sp³-hybridized carbons (Fsp3) is 0.609. The predicted molar refractivity (Wildman–Crippen MR) is 123 cm³/mol. The third-order valence-electron chi connectivity index (χ3n) is 6.19. The van der Waals surface area contributed by atoms with Gasteiger partial charge < -0.3 is 69.3 Å². The topological polar surface area (TPSA) is 234 Å². The third kappa shape index (κ3) is 6.02. The first-order valence-corrected chi connectivity index (χ1v) is 11.4. The van der Waals surface area contributed by atoms with Gasteiger partial charge in [-0.25, -0.2) is 4.79 Å². The number of carbonyl (C=O) groups is 1. The van der Waals surface area contributed by atoms with E-state index in [-0.39, 0.29) is 17.2 Å². The van der Waals surface area contributed by atoms with E-state index in [9.17, 15) is 45.6 Å². The zero-order valence-corrected chi connectivity index (χ0v) is 20.5. The Kier molecular flexibility index (Phi) is 9.88. The highest BCUT2D eigenvalue weighted by Crippen LogP contribution is 2.38. The number of hydrogen-bond donors (Lipinski definition) is 8. The molecule has 0 unspecified atom stereocenters. The van der Waals surface area contributed by atoms with Gasteiger partial charge in [0.2, 0.25) is 11.5 Å². The van der Waals surface area contributed by atoms with E-state index in [1.54, 1.807) is 0 Å². The molecule has 0 saturated carbocycles. The van der Waals surface area contributed by atoms with Gasteiger partial charge in [-0.05, 0) is 23.8 Å². The molecule has 15 heteroatoms. The lowest BCUT2D eigenvalue weighted by Gasteiger charge is -2.43. The summed E-state index contributed by atoms with van der Waals surface area (Å²) in [5.41, 5.74) is 0.419. The number of phenols is 1. The van der Waals surface area contributed by atoms with Crippen molar-refractivity contribution in [1.29, 1.82) is 0 Å². The Bertz CT molecular complexity index is 961. The van der Waals surface area contributed by atoms with Crippen molar-refractivity contribution >= 4 is 12.0 Å². The summed E-state index contributed by atoms with van der Waals surface area (Å²) >= 11 is 0. The molecule has 214 valence electrons. The number of phenolic OH excluding ortho intramolecular Hbond substituents is 1. The number of aromatic hydroxyl groups is 1. The van der Waals surface area contributed by atoms with Crippen LogP contribution in [0.3, 0.4) is 0 Å². The predicted octanol–water partition coefficient (Wildman–Crippen LogP) is -3.41. The van der Waals surface area contributed by atoms with E-state index in [1.165, 1.54) is 32.4 Å². The SMILES string of the molecule is COc1cc(/C=C/C(=O)OC[C@H]2O[C@H](O[C@]3(CO)O[C@@H](CO)[C@@H](O)[C@@H]3O)[C@H](O)[C@@H](O)[C@@H]2O)cc(OC)c1O. The van der Waals surface area contributed by atoms with Crippen LogP contribution in [0.25, 0.3) is 6.08 Å². The maximum Gasteiger partial charge on any atom is 0.330 e.